The predicted octanol–water partition coefficient (Wildman–Crippen LogP) is 2.38. The average Bonchev–Trinajstić information content (AvgIpc) is 2.96. The molecular weight excluding hydrogens is 332 g/mol. The zero-order valence-electron chi connectivity index (χ0n) is 14.4. The number of guanidine groups is 1. The number of amides is 2. The summed E-state index contributed by atoms with van der Waals surface area (Å²) in [4.78, 5) is 28.4. The lowest BCUT2D eigenvalue weighted by Crippen LogP contribution is -2.33. The summed E-state index contributed by atoms with van der Waals surface area (Å²) in [7, 11) is 0. The minimum Gasteiger partial charge on any atom is -0.494 e. The maximum Gasteiger partial charge on any atom is 0.252 e. The van der Waals surface area contributed by atoms with Crippen molar-refractivity contribution in [2.45, 2.75) is 19.4 Å². The Morgan fingerprint density at radius 1 is 1.12 bits per heavy atom. The number of carbonyl (C=O) groups is 2. The number of aliphatic imine (C=N–C) groups is 1. The largest absolute Gasteiger partial charge is 0.494 e. The van der Waals surface area contributed by atoms with Gasteiger partial charge in [-0.15, -0.1) is 0 Å². The van der Waals surface area contributed by atoms with E-state index in [9.17, 15) is 9.59 Å². The summed E-state index contributed by atoms with van der Waals surface area (Å²) in [5, 5.41) is 8.42. The van der Waals surface area contributed by atoms with Gasteiger partial charge in [0.2, 0.25) is 11.9 Å². The highest BCUT2D eigenvalue weighted by Crippen LogP contribution is 2.17. The molecule has 3 rings (SSSR count). The molecule has 0 unspecified atom stereocenters. The summed E-state index contributed by atoms with van der Waals surface area (Å²) >= 11 is 0. The van der Waals surface area contributed by atoms with Gasteiger partial charge in [0.1, 0.15) is 11.8 Å². The van der Waals surface area contributed by atoms with Gasteiger partial charge >= 0.3 is 0 Å². The van der Waals surface area contributed by atoms with E-state index in [-0.39, 0.29) is 18.2 Å². The standard InChI is InChI=1S/C19H20N4O3/c1-2-26-15-10-8-14(9-11-15)21-19-22-16(18(25)23-19)12-17(24)20-13-6-4-3-5-7-13/h3-11,16H,2,12H2,1H3,(H,20,24)(H2,21,22,23,25)/t16-/m1/s1. The molecule has 7 nitrogen and oxygen atoms in total. The van der Waals surface area contributed by atoms with Crippen molar-refractivity contribution in [3.8, 4) is 5.75 Å². The zero-order valence-corrected chi connectivity index (χ0v) is 14.4. The Hall–Kier alpha value is -3.35. The highest BCUT2D eigenvalue weighted by atomic mass is 16.5. The molecule has 2 amide bonds. The third-order valence-electron chi connectivity index (χ3n) is 3.69. The van der Waals surface area contributed by atoms with Gasteiger partial charge in [0, 0.05) is 11.4 Å². The number of nitrogens with zero attached hydrogens (tertiary/aromatic N) is 1. The summed E-state index contributed by atoms with van der Waals surface area (Å²) in [6, 6.07) is 15.7. The van der Waals surface area contributed by atoms with Crippen molar-refractivity contribution in [1.29, 1.82) is 0 Å². The Balaban J connectivity index is 1.57. The Kier molecular flexibility index (Phi) is 5.48. The average molecular weight is 352 g/mol. The minimum absolute atomic E-state index is 0.0187. The van der Waals surface area contributed by atoms with Crippen LogP contribution < -0.4 is 20.7 Å². The second kappa shape index (κ2) is 8.15. The molecule has 3 N–H and O–H groups in total. The van der Waals surface area contributed by atoms with Crippen LogP contribution in [0.3, 0.4) is 0 Å². The van der Waals surface area contributed by atoms with Gasteiger partial charge in [-0.2, -0.15) is 0 Å². The van der Waals surface area contributed by atoms with Crippen molar-refractivity contribution in [3.05, 3.63) is 54.6 Å². The summed E-state index contributed by atoms with van der Waals surface area (Å²) in [5.41, 5.74) is 1.45. The number of nitrogens with one attached hydrogen (secondary N) is 3. The summed E-state index contributed by atoms with van der Waals surface area (Å²) in [5.74, 6) is 0.534. The quantitative estimate of drug-likeness (QED) is 0.744. The first-order chi connectivity index (χ1) is 12.6. The van der Waals surface area contributed by atoms with Crippen LogP contribution in [-0.4, -0.2) is 30.4 Å². The Bertz CT molecular complexity index is 803. The van der Waals surface area contributed by atoms with E-state index in [0.29, 0.717) is 18.3 Å². The molecule has 0 saturated carbocycles. The monoisotopic (exact) mass is 352 g/mol. The van der Waals surface area contributed by atoms with E-state index >= 15 is 0 Å². The number of benzene rings is 2. The number of rotatable bonds is 6. The van der Waals surface area contributed by atoms with Gasteiger partial charge in [-0.05, 0) is 43.3 Å². The van der Waals surface area contributed by atoms with Crippen LogP contribution in [0.1, 0.15) is 13.3 Å². The SMILES string of the molecule is CCOc1ccc(NC2=N[C@H](CC(=O)Nc3ccccc3)C(=O)N2)cc1. The van der Waals surface area contributed by atoms with Crippen molar-refractivity contribution in [1.82, 2.24) is 5.32 Å². The van der Waals surface area contributed by atoms with Crippen LogP contribution in [0, 0.1) is 0 Å². The van der Waals surface area contributed by atoms with Crippen LogP contribution in [-0.2, 0) is 9.59 Å². The molecule has 2 aromatic rings. The fraction of sp³-hybridized carbons (Fsp3) is 0.211. The number of ether oxygens (including phenoxy) is 1. The van der Waals surface area contributed by atoms with Gasteiger partial charge in [-0.1, -0.05) is 18.2 Å². The van der Waals surface area contributed by atoms with Crippen LogP contribution in [0.2, 0.25) is 0 Å². The van der Waals surface area contributed by atoms with Crippen molar-refractivity contribution in [3.63, 3.8) is 0 Å². The Morgan fingerprint density at radius 3 is 2.54 bits per heavy atom. The molecule has 0 aliphatic carbocycles. The molecule has 0 radical (unpaired) electrons. The molecular formula is C19H20N4O3. The molecule has 0 fully saturated rings. The second-order valence-electron chi connectivity index (χ2n) is 5.68. The third kappa shape index (κ3) is 4.60. The third-order valence-corrected chi connectivity index (χ3v) is 3.69. The van der Waals surface area contributed by atoms with Crippen molar-refractivity contribution in [2.75, 3.05) is 17.2 Å². The first-order valence-corrected chi connectivity index (χ1v) is 8.37. The van der Waals surface area contributed by atoms with Crippen LogP contribution in [0.25, 0.3) is 0 Å². The second-order valence-corrected chi connectivity index (χ2v) is 5.68. The van der Waals surface area contributed by atoms with Crippen LogP contribution in [0.4, 0.5) is 11.4 Å². The summed E-state index contributed by atoms with van der Waals surface area (Å²) < 4.78 is 5.39. The van der Waals surface area contributed by atoms with Crippen LogP contribution >= 0.6 is 0 Å². The molecule has 1 aliphatic heterocycles. The van der Waals surface area contributed by atoms with Gasteiger partial charge < -0.3 is 15.4 Å². The molecule has 26 heavy (non-hydrogen) atoms. The van der Waals surface area contributed by atoms with E-state index in [1.165, 1.54) is 0 Å². The fourth-order valence-electron chi connectivity index (χ4n) is 2.50. The highest BCUT2D eigenvalue weighted by Gasteiger charge is 2.28. The normalized spacial score (nSPS) is 15.8. The molecule has 0 spiro atoms. The van der Waals surface area contributed by atoms with E-state index in [4.69, 9.17) is 4.74 Å². The van der Waals surface area contributed by atoms with Gasteiger partial charge in [0.15, 0.2) is 0 Å². The Labute approximate surface area is 151 Å². The molecule has 1 heterocycles. The Morgan fingerprint density at radius 2 is 1.85 bits per heavy atom. The van der Waals surface area contributed by atoms with Gasteiger partial charge in [0.05, 0.1) is 13.0 Å². The number of para-hydroxylation sites is 1. The topological polar surface area (TPSA) is 91.8 Å². The van der Waals surface area contributed by atoms with E-state index in [1.807, 2.05) is 49.4 Å². The first kappa shape index (κ1) is 17.5. The van der Waals surface area contributed by atoms with Crippen molar-refractivity contribution < 1.29 is 14.3 Å². The van der Waals surface area contributed by atoms with E-state index < -0.39 is 6.04 Å². The number of carbonyl (C=O) groups excluding carboxylic acids is 2. The molecule has 134 valence electrons. The van der Waals surface area contributed by atoms with E-state index in [1.54, 1.807) is 12.1 Å². The fourth-order valence-corrected chi connectivity index (χ4v) is 2.50. The lowest BCUT2D eigenvalue weighted by atomic mass is 10.2. The lowest BCUT2D eigenvalue weighted by Gasteiger charge is -2.07. The van der Waals surface area contributed by atoms with Crippen molar-refractivity contribution in [2.24, 2.45) is 4.99 Å². The molecule has 1 atom stereocenters. The van der Waals surface area contributed by atoms with Gasteiger partial charge in [-0.25, -0.2) is 4.99 Å². The minimum atomic E-state index is -0.746. The summed E-state index contributed by atoms with van der Waals surface area (Å²) in [6.07, 6.45) is -0.0187. The number of anilines is 2. The molecule has 1 aliphatic rings. The highest BCUT2D eigenvalue weighted by molar-refractivity contribution is 6.11. The predicted molar refractivity (Wildman–Crippen MR) is 100 cm³/mol. The van der Waals surface area contributed by atoms with Gasteiger partial charge in [0.25, 0.3) is 5.91 Å². The maximum atomic E-state index is 12.1. The number of hydrogen-bond donors (Lipinski definition) is 3. The zero-order chi connectivity index (χ0) is 18.4. The van der Waals surface area contributed by atoms with E-state index in [2.05, 4.69) is 20.9 Å². The lowest BCUT2D eigenvalue weighted by molar-refractivity contribution is -0.123. The van der Waals surface area contributed by atoms with Crippen LogP contribution in [0.5, 0.6) is 5.75 Å². The molecule has 7 heteroatoms. The first-order valence-electron chi connectivity index (χ1n) is 8.37. The molecule has 2 aromatic carbocycles. The van der Waals surface area contributed by atoms with Gasteiger partial charge in [-0.3, -0.25) is 14.9 Å². The molecule has 0 saturated heterocycles. The summed E-state index contributed by atoms with van der Waals surface area (Å²) in [6.45, 7) is 2.52. The maximum absolute atomic E-state index is 12.1. The molecule has 0 aromatic heterocycles. The van der Waals surface area contributed by atoms with Crippen molar-refractivity contribution >= 4 is 29.1 Å². The number of hydrogen-bond acceptors (Lipinski definition) is 5. The van der Waals surface area contributed by atoms with E-state index in [0.717, 1.165) is 11.4 Å². The smallest absolute Gasteiger partial charge is 0.252 e. The molecule has 0 bridgehead atoms. The van der Waals surface area contributed by atoms with Crippen LogP contribution in [0.15, 0.2) is 59.6 Å².